The maximum Gasteiger partial charge on any atom is 0.199 e. The minimum atomic E-state index is 0.253. The van der Waals surface area contributed by atoms with Crippen LogP contribution in [0.4, 0.5) is 0 Å². The van der Waals surface area contributed by atoms with Gasteiger partial charge in [-0.25, -0.2) is 4.98 Å². The molecule has 7 heteroatoms. The van der Waals surface area contributed by atoms with Crippen LogP contribution in [0.5, 0.6) is 11.5 Å². The minimum absolute atomic E-state index is 0.253. The Kier molecular flexibility index (Phi) is 4.50. The molecule has 2 aromatic heterocycles. The minimum Gasteiger partial charge on any atom is -0.493 e. The lowest BCUT2D eigenvalue weighted by atomic mass is 10.1. The van der Waals surface area contributed by atoms with Gasteiger partial charge in [0.15, 0.2) is 17.3 Å². The fourth-order valence-electron chi connectivity index (χ4n) is 2.58. The predicted molar refractivity (Wildman–Crippen MR) is 90.3 cm³/mol. The van der Waals surface area contributed by atoms with Gasteiger partial charge in [0.1, 0.15) is 11.5 Å². The van der Waals surface area contributed by atoms with Gasteiger partial charge >= 0.3 is 0 Å². The second-order valence-electron chi connectivity index (χ2n) is 5.73. The zero-order chi connectivity index (χ0) is 17.1. The van der Waals surface area contributed by atoms with Crippen molar-refractivity contribution >= 4 is 0 Å². The van der Waals surface area contributed by atoms with Gasteiger partial charge in [-0.15, -0.1) is 0 Å². The monoisotopic (exact) mass is 327 g/mol. The lowest BCUT2D eigenvalue weighted by Crippen LogP contribution is -2.05. The predicted octanol–water partition coefficient (Wildman–Crippen LogP) is 2.86. The van der Waals surface area contributed by atoms with E-state index in [1.165, 1.54) is 0 Å². The summed E-state index contributed by atoms with van der Waals surface area (Å²) in [5.41, 5.74) is 1.97. The van der Waals surface area contributed by atoms with Crippen molar-refractivity contribution in [2.24, 2.45) is 0 Å². The molecule has 3 aromatic rings. The lowest BCUT2D eigenvalue weighted by molar-refractivity contribution is 0.354. The molecule has 0 spiro atoms. The van der Waals surface area contributed by atoms with Crippen LogP contribution >= 0.6 is 0 Å². The molecule has 1 aromatic carbocycles. The molecule has 0 saturated heterocycles. The van der Waals surface area contributed by atoms with E-state index in [2.05, 4.69) is 34.1 Å². The standard InChI is InChI=1S/C17H21N5O2/c1-11(2)22-13(7-8-18-22)17-19-16(20-21-17)10-12-5-6-14(23-3)15(9-12)24-4/h5-9,11H,10H2,1-4H3,(H,19,20,21). The van der Waals surface area contributed by atoms with Crippen LogP contribution in [0.25, 0.3) is 11.5 Å². The van der Waals surface area contributed by atoms with E-state index in [9.17, 15) is 0 Å². The van der Waals surface area contributed by atoms with E-state index in [1.54, 1.807) is 20.4 Å². The highest BCUT2D eigenvalue weighted by molar-refractivity contribution is 5.49. The van der Waals surface area contributed by atoms with E-state index in [0.717, 1.165) is 17.1 Å². The van der Waals surface area contributed by atoms with Crippen molar-refractivity contribution in [1.29, 1.82) is 0 Å². The third-order valence-electron chi connectivity index (χ3n) is 3.74. The highest BCUT2D eigenvalue weighted by Gasteiger charge is 2.14. The summed E-state index contributed by atoms with van der Waals surface area (Å²) in [4.78, 5) is 4.59. The van der Waals surface area contributed by atoms with Crippen molar-refractivity contribution in [3.63, 3.8) is 0 Å². The SMILES string of the molecule is COc1ccc(Cc2nc(-c3ccnn3C(C)C)n[nH]2)cc1OC. The number of rotatable bonds is 6. The summed E-state index contributed by atoms with van der Waals surface area (Å²) < 4.78 is 12.5. The van der Waals surface area contributed by atoms with Gasteiger partial charge in [0.2, 0.25) is 0 Å². The summed E-state index contributed by atoms with van der Waals surface area (Å²) in [6.07, 6.45) is 2.39. The first kappa shape index (κ1) is 16.0. The fraction of sp³-hybridized carbons (Fsp3) is 0.353. The van der Waals surface area contributed by atoms with Crippen LogP contribution in [0.3, 0.4) is 0 Å². The van der Waals surface area contributed by atoms with Gasteiger partial charge in [0.25, 0.3) is 0 Å². The molecule has 7 nitrogen and oxygen atoms in total. The summed E-state index contributed by atoms with van der Waals surface area (Å²) in [5, 5.41) is 11.6. The summed E-state index contributed by atoms with van der Waals surface area (Å²) in [6, 6.07) is 7.99. The number of aromatic nitrogens is 5. The van der Waals surface area contributed by atoms with Crippen molar-refractivity contribution in [2.45, 2.75) is 26.3 Å². The van der Waals surface area contributed by atoms with Crippen LogP contribution in [0.2, 0.25) is 0 Å². The van der Waals surface area contributed by atoms with Gasteiger partial charge in [-0.05, 0) is 37.6 Å². The molecule has 0 aliphatic rings. The van der Waals surface area contributed by atoms with Crippen molar-refractivity contribution < 1.29 is 9.47 Å². The van der Waals surface area contributed by atoms with Crippen molar-refractivity contribution in [1.82, 2.24) is 25.0 Å². The molecular weight excluding hydrogens is 306 g/mol. The van der Waals surface area contributed by atoms with Crippen LogP contribution in [0.1, 0.15) is 31.3 Å². The zero-order valence-corrected chi connectivity index (χ0v) is 14.3. The summed E-state index contributed by atoms with van der Waals surface area (Å²) in [5.74, 6) is 2.85. The molecule has 0 bridgehead atoms. The molecular formula is C17H21N5O2. The molecule has 0 radical (unpaired) electrons. The number of benzene rings is 1. The quantitative estimate of drug-likeness (QED) is 0.753. The highest BCUT2D eigenvalue weighted by atomic mass is 16.5. The molecule has 0 aliphatic carbocycles. The maximum atomic E-state index is 5.34. The second kappa shape index (κ2) is 6.74. The Morgan fingerprint density at radius 3 is 2.62 bits per heavy atom. The molecule has 126 valence electrons. The van der Waals surface area contributed by atoms with Gasteiger partial charge in [-0.3, -0.25) is 9.78 Å². The van der Waals surface area contributed by atoms with Gasteiger partial charge < -0.3 is 9.47 Å². The maximum absolute atomic E-state index is 5.34. The van der Waals surface area contributed by atoms with E-state index in [0.29, 0.717) is 23.7 Å². The van der Waals surface area contributed by atoms with E-state index >= 15 is 0 Å². The number of hydrogen-bond acceptors (Lipinski definition) is 5. The number of aromatic amines is 1. The Balaban J connectivity index is 1.83. The molecule has 3 rings (SSSR count). The molecule has 1 N–H and O–H groups in total. The summed E-state index contributed by atoms with van der Waals surface area (Å²) in [7, 11) is 3.25. The third kappa shape index (κ3) is 3.10. The molecule has 0 atom stereocenters. The molecule has 0 aliphatic heterocycles. The van der Waals surface area contributed by atoms with Gasteiger partial charge in [0, 0.05) is 18.7 Å². The summed E-state index contributed by atoms with van der Waals surface area (Å²) in [6.45, 7) is 4.15. The molecule has 24 heavy (non-hydrogen) atoms. The lowest BCUT2D eigenvalue weighted by Gasteiger charge is -2.08. The number of methoxy groups -OCH3 is 2. The van der Waals surface area contributed by atoms with E-state index in [1.807, 2.05) is 28.9 Å². The first-order chi connectivity index (χ1) is 11.6. The van der Waals surface area contributed by atoms with Crippen molar-refractivity contribution in [3.05, 3.63) is 41.9 Å². The number of hydrogen-bond donors (Lipinski definition) is 1. The smallest absolute Gasteiger partial charge is 0.199 e. The van der Waals surface area contributed by atoms with Gasteiger partial charge in [-0.2, -0.15) is 10.2 Å². The van der Waals surface area contributed by atoms with Crippen molar-refractivity contribution in [3.8, 4) is 23.0 Å². The topological polar surface area (TPSA) is 77.9 Å². The molecule has 0 amide bonds. The molecule has 0 saturated carbocycles. The largest absolute Gasteiger partial charge is 0.493 e. The Labute approximate surface area is 140 Å². The van der Waals surface area contributed by atoms with Crippen molar-refractivity contribution in [2.75, 3.05) is 14.2 Å². The van der Waals surface area contributed by atoms with Crippen LogP contribution in [-0.2, 0) is 6.42 Å². The van der Waals surface area contributed by atoms with E-state index in [-0.39, 0.29) is 6.04 Å². The van der Waals surface area contributed by atoms with Crippen LogP contribution in [0.15, 0.2) is 30.5 Å². The first-order valence-electron chi connectivity index (χ1n) is 7.78. The van der Waals surface area contributed by atoms with Gasteiger partial charge in [0.05, 0.1) is 14.2 Å². The van der Waals surface area contributed by atoms with Crippen LogP contribution < -0.4 is 9.47 Å². The molecule has 0 unspecified atom stereocenters. The summed E-state index contributed by atoms with van der Waals surface area (Å²) >= 11 is 0. The van der Waals surface area contributed by atoms with Crippen LogP contribution in [-0.4, -0.2) is 39.2 Å². The highest BCUT2D eigenvalue weighted by Crippen LogP contribution is 2.28. The average molecular weight is 327 g/mol. The Morgan fingerprint density at radius 2 is 1.92 bits per heavy atom. The Hall–Kier alpha value is -2.83. The number of H-pyrrole nitrogens is 1. The Morgan fingerprint density at radius 1 is 1.12 bits per heavy atom. The fourth-order valence-corrected chi connectivity index (χ4v) is 2.58. The normalized spacial score (nSPS) is 11.0. The number of nitrogens with zero attached hydrogens (tertiary/aromatic N) is 4. The average Bonchev–Trinajstić information content (AvgIpc) is 3.23. The second-order valence-corrected chi connectivity index (χ2v) is 5.73. The zero-order valence-electron chi connectivity index (χ0n) is 14.3. The van der Waals surface area contributed by atoms with Gasteiger partial charge in [-0.1, -0.05) is 6.07 Å². The first-order valence-corrected chi connectivity index (χ1v) is 7.78. The number of nitrogens with one attached hydrogen (secondary N) is 1. The molecule has 0 fully saturated rings. The number of ether oxygens (including phenoxy) is 2. The van der Waals surface area contributed by atoms with E-state index in [4.69, 9.17) is 9.47 Å². The third-order valence-corrected chi connectivity index (χ3v) is 3.74. The van der Waals surface area contributed by atoms with E-state index < -0.39 is 0 Å². The van der Waals surface area contributed by atoms with Crippen LogP contribution in [0, 0.1) is 0 Å². The Bertz CT molecular complexity index is 822. The molecule has 2 heterocycles.